The zero-order chi connectivity index (χ0) is 16.1. The van der Waals surface area contributed by atoms with Crippen molar-refractivity contribution < 1.29 is 0 Å². The quantitative estimate of drug-likeness (QED) is 0.258. The summed E-state index contributed by atoms with van der Waals surface area (Å²) in [5, 5.41) is 1.19. The van der Waals surface area contributed by atoms with Gasteiger partial charge in [-0.2, -0.15) is 0 Å². The summed E-state index contributed by atoms with van der Waals surface area (Å²) in [5.74, 6) is 0. The van der Waals surface area contributed by atoms with Crippen LogP contribution in [0.5, 0.6) is 0 Å². The van der Waals surface area contributed by atoms with Gasteiger partial charge in [-0.05, 0) is 18.6 Å². The Hall–Kier alpha value is -0.370. The van der Waals surface area contributed by atoms with Crippen molar-refractivity contribution in [2.24, 2.45) is 0 Å². The maximum Gasteiger partial charge on any atom is 0.0267 e. The zero-order valence-corrected chi connectivity index (χ0v) is 16.2. The summed E-state index contributed by atoms with van der Waals surface area (Å²) < 4.78 is 0. The monoisotopic (exact) mass is 369 g/mol. The lowest BCUT2D eigenvalue weighted by atomic mass is 10.1. The first-order valence-electron chi connectivity index (χ1n) is 9.32. The van der Waals surface area contributed by atoms with E-state index in [0.29, 0.717) is 0 Å². The van der Waals surface area contributed by atoms with E-state index in [1.54, 1.807) is 12.4 Å². The van der Waals surface area contributed by atoms with Gasteiger partial charge in [0.25, 0.3) is 0 Å². The summed E-state index contributed by atoms with van der Waals surface area (Å²) in [7, 11) is 0. The second-order valence-electron chi connectivity index (χ2n) is 5.96. The molecule has 0 aliphatic heterocycles. The van der Waals surface area contributed by atoms with Crippen molar-refractivity contribution in [3.63, 3.8) is 0 Å². The molecule has 22 heavy (non-hydrogen) atoms. The first kappa shape index (κ1) is 21.6. The van der Waals surface area contributed by atoms with Crippen LogP contribution in [-0.2, 0) is 0 Å². The number of aromatic nitrogens is 1. The predicted molar refractivity (Wildman–Crippen MR) is 104 cm³/mol. The van der Waals surface area contributed by atoms with Crippen molar-refractivity contribution in [3.05, 3.63) is 30.6 Å². The number of halogens is 1. The van der Waals surface area contributed by atoms with Crippen LogP contribution in [0.15, 0.2) is 30.6 Å². The average molecular weight is 370 g/mol. The smallest absolute Gasteiger partial charge is 0.0267 e. The summed E-state index contributed by atoms with van der Waals surface area (Å²) in [6, 6.07) is 5.72. The van der Waals surface area contributed by atoms with Crippen LogP contribution in [0.25, 0.3) is 0 Å². The highest BCUT2D eigenvalue weighted by Gasteiger charge is 1.92. The van der Waals surface area contributed by atoms with Gasteiger partial charge in [0, 0.05) is 17.7 Å². The summed E-state index contributed by atoms with van der Waals surface area (Å²) in [6.45, 7) is 2.29. The summed E-state index contributed by atoms with van der Waals surface area (Å²) in [5.41, 5.74) is 0. The second kappa shape index (κ2) is 20.6. The molecule has 1 rings (SSSR count). The van der Waals surface area contributed by atoms with Crippen molar-refractivity contribution in [1.82, 2.24) is 4.98 Å². The number of hydrogen-bond acceptors (Lipinski definition) is 1. The van der Waals surface area contributed by atoms with Gasteiger partial charge in [0.2, 0.25) is 0 Å². The van der Waals surface area contributed by atoms with Gasteiger partial charge in [0.05, 0.1) is 0 Å². The topological polar surface area (TPSA) is 12.9 Å². The molecule has 0 fully saturated rings. The molecule has 0 spiro atoms. The van der Waals surface area contributed by atoms with Crippen LogP contribution in [0.2, 0.25) is 0 Å². The van der Waals surface area contributed by atoms with Crippen LogP contribution in [0, 0.1) is 0 Å². The molecule has 0 aromatic carbocycles. The lowest BCUT2D eigenvalue weighted by Gasteiger charge is -2.02. The van der Waals surface area contributed by atoms with Crippen LogP contribution in [0.3, 0.4) is 0 Å². The molecule has 0 aliphatic rings. The van der Waals surface area contributed by atoms with Gasteiger partial charge in [-0.15, -0.1) is 0 Å². The fourth-order valence-electron chi connectivity index (χ4n) is 2.42. The first-order valence-corrected chi connectivity index (χ1v) is 10.4. The minimum atomic E-state index is 1.19. The molecule has 2 heteroatoms. The Kier molecular flexibility index (Phi) is 20.3. The highest BCUT2D eigenvalue weighted by molar-refractivity contribution is 9.09. The van der Waals surface area contributed by atoms with E-state index in [0.717, 1.165) is 0 Å². The molecular weight excluding hydrogens is 334 g/mol. The number of alkyl halides is 1. The minimum Gasteiger partial charge on any atom is -0.265 e. The standard InChI is InChI=1S/C15H31Br.C5H5N/c1-2-3-4-5-6-7-8-9-10-11-12-13-14-15-16;1-2-4-6-5-3-1/h2-15H2,1H3;1-5H. The third-order valence-electron chi connectivity index (χ3n) is 3.80. The largest absolute Gasteiger partial charge is 0.265 e. The Balaban J connectivity index is 0.000000604. The van der Waals surface area contributed by atoms with Crippen molar-refractivity contribution in [3.8, 4) is 0 Å². The van der Waals surface area contributed by atoms with Crippen LogP contribution in [0.1, 0.15) is 90.4 Å². The molecule has 0 N–H and O–H groups in total. The van der Waals surface area contributed by atoms with E-state index in [9.17, 15) is 0 Å². The fraction of sp³-hybridized carbons (Fsp3) is 0.750. The minimum absolute atomic E-state index is 1.19. The van der Waals surface area contributed by atoms with E-state index in [2.05, 4.69) is 27.8 Å². The summed E-state index contributed by atoms with van der Waals surface area (Å²) >= 11 is 3.48. The van der Waals surface area contributed by atoms with Gasteiger partial charge in [0.1, 0.15) is 0 Å². The number of pyridine rings is 1. The van der Waals surface area contributed by atoms with Gasteiger partial charge in [-0.1, -0.05) is 106 Å². The van der Waals surface area contributed by atoms with Gasteiger partial charge >= 0.3 is 0 Å². The molecule has 1 aromatic rings. The molecule has 0 bridgehead atoms. The Labute approximate surface area is 147 Å². The van der Waals surface area contributed by atoms with E-state index >= 15 is 0 Å². The van der Waals surface area contributed by atoms with Crippen LogP contribution >= 0.6 is 15.9 Å². The van der Waals surface area contributed by atoms with Crippen molar-refractivity contribution in [1.29, 1.82) is 0 Å². The molecule has 0 unspecified atom stereocenters. The number of nitrogens with zero attached hydrogens (tertiary/aromatic N) is 1. The highest BCUT2D eigenvalue weighted by atomic mass is 79.9. The van der Waals surface area contributed by atoms with Crippen molar-refractivity contribution in [2.75, 3.05) is 5.33 Å². The van der Waals surface area contributed by atoms with Crippen molar-refractivity contribution in [2.45, 2.75) is 90.4 Å². The first-order chi connectivity index (χ1) is 10.9. The molecule has 1 nitrogen and oxygen atoms in total. The maximum absolute atomic E-state index is 3.78. The lowest BCUT2D eigenvalue weighted by molar-refractivity contribution is 0.543. The van der Waals surface area contributed by atoms with Crippen LogP contribution < -0.4 is 0 Å². The molecule has 1 heterocycles. The zero-order valence-electron chi connectivity index (χ0n) is 14.6. The molecular formula is C20H36BrN. The Morgan fingerprint density at radius 1 is 0.591 bits per heavy atom. The fourth-order valence-corrected chi connectivity index (χ4v) is 2.82. The van der Waals surface area contributed by atoms with Gasteiger partial charge < -0.3 is 0 Å². The Morgan fingerprint density at radius 2 is 1.00 bits per heavy atom. The van der Waals surface area contributed by atoms with E-state index < -0.39 is 0 Å². The van der Waals surface area contributed by atoms with Crippen LogP contribution in [0.4, 0.5) is 0 Å². The van der Waals surface area contributed by atoms with Crippen LogP contribution in [-0.4, -0.2) is 10.3 Å². The Bertz CT molecular complexity index is 236. The van der Waals surface area contributed by atoms with Crippen molar-refractivity contribution >= 4 is 15.9 Å². The van der Waals surface area contributed by atoms with E-state index in [1.807, 2.05) is 18.2 Å². The number of unbranched alkanes of at least 4 members (excludes halogenated alkanes) is 12. The molecule has 1 aromatic heterocycles. The van der Waals surface area contributed by atoms with Gasteiger partial charge in [0.15, 0.2) is 0 Å². The molecule has 0 atom stereocenters. The van der Waals surface area contributed by atoms with Gasteiger partial charge in [-0.3, -0.25) is 4.98 Å². The molecule has 0 aliphatic carbocycles. The lowest BCUT2D eigenvalue weighted by Crippen LogP contribution is -1.83. The highest BCUT2D eigenvalue weighted by Crippen LogP contribution is 2.12. The van der Waals surface area contributed by atoms with Gasteiger partial charge in [-0.25, -0.2) is 0 Å². The molecule has 0 saturated heterocycles. The van der Waals surface area contributed by atoms with E-state index in [-0.39, 0.29) is 0 Å². The van der Waals surface area contributed by atoms with E-state index in [4.69, 9.17) is 0 Å². The summed E-state index contributed by atoms with van der Waals surface area (Å²) in [6.07, 6.45) is 22.3. The van der Waals surface area contributed by atoms with E-state index in [1.165, 1.54) is 88.8 Å². The Morgan fingerprint density at radius 3 is 1.27 bits per heavy atom. The SMILES string of the molecule is CCCCCCCCCCCCCCCBr.c1ccncc1. The normalized spacial score (nSPS) is 10.1. The second-order valence-corrected chi connectivity index (χ2v) is 6.75. The third-order valence-corrected chi connectivity index (χ3v) is 4.36. The number of hydrogen-bond donors (Lipinski definition) is 0. The predicted octanol–water partition coefficient (Wildman–Crippen LogP) is 7.55. The molecule has 0 saturated carbocycles. The summed E-state index contributed by atoms with van der Waals surface area (Å²) in [4.78, 5) is 3.78. The third kappa shape index (κ3) is 19.6. The molecule has 0 amide bonds. The molecule has 128 valence electrons. The maximum atomic E-state index is 3.78. The average Bonchev–Trinajstić information content (AvgIpc) is 2.58. The molecule has 0 radical (unpaired) electrons. The number of rotatable bonds is 13.